The zero-order valence-corrected chi connectivity index (χ0v) is 21.1. The number of carbonyl (C=O) groups excluding carboxylic acids is 2. The molecule has 5 nitrogen and oxygen atoms in total. The Morgan fingerprint density at radius 1 is 1.00 bits per heavy atom. The molecule has 0 unspecified atom stereocenters. The van der Waals surface area contributed by atoms with E-state index in [-0.39, 0.29) is 41.0 Å². The van der Waals surface area contributed by atoms with Gasteiger partial charge in [0.1, 0.15) is 17.7 Å². The van der Waals surface area contributed by atoms with E-state index in [1.807, 2.05) is 30.1 Å². The Hall–Kier alpha value is -2.60. The van der Waals surface area contributed by atoms with Crippen LogP contribution in [0.25, 0.3) is 0 Å². The number of amides is 2. The lowest BCUT2D eigenvalue weighted by molar-refractivity contribution is -0.136. The van der Waals surface area contributed by atoms with E-state index >= 15 is 0 Å². The van der Waals surface area contributed by atoms with Gasteiger partial charge in [0.2, 0.25) is 5.91 Å². The fourth-order valence-corrected chi connectivity index (χ4v) is 5.43. The van der Waals surface area contributed by atoms with Crippen molar-refractivity contribution in [1.29, 1.82) is 0 Å². The predicted octanol–water partition coefficient (Wildman–Crippen LogP) is 5.89. The molecule has 2 atom stereocenters. The third-order valence-electron chi connectivity index (χ3n) is 7.16. The molecule has 2 aromatic carbocycles. The first-order valence-corrected chi connectivity index (χ1v) is 13.1. The van der Waals surface area contributed by atoms with Crippen LogP contribution in [0.2, 0.25) is 5.02 Å². The second-order valence-electron chi connectivity index (χ2n) is 9.61. The SMILES string of the molecule is CN1CCCCCCN(C(=O)Cc2c(F)cccc2Cl)[C@@H]2CCCC[C@@H]2Oc2ccccc2C1=O. The van der Waals surface area contributed by atoms with Crippen molar-refractivity contribution in [2.75, 3.05) is 20.1 Å². The maximum Gasteiger partial charge on any atom is 0.257 e. The van der Waals surface area contributed by atoms with Crippen molar-refractivity contribution >= 4 is 23.4 Å². The predicted molar refractivity (Wildman–Crippen MR) is 135 cm³/mol. The number of hydrogen-bond donors (Lipinski definition) is 0. The van der Waals surface area contributed by atoms with Gasteiger partial charge in [-0.3, -0.25) is 9.59 Å². The van der Waals surface area contributed by atoms with Crippen molar-refractivity contribution < 1.29 is 18.7 Å². The number of ether oxygens (including phenoxy) is 1. The number of rotatable bonds is 2. The van der Waals surface area contributed by atoms with E-state index in [2.05, 4.69) is 0 Å². The summed E-state index contributed by atoms with van der Waals surface area (Å²) in [6.07, 6.45) is 7.00. The summed E-state index contributed by atoms with van der Waals surface area (Å²) in [5, 5.41) is 0.272. The van der Waals surface area contributed by atoms with Crippen LogP contribution in [0.3, 0.4) is 0 Å². The summed E-state index contributed by atoms with van der Waals surface area (Å²) >= 11 is 6.24. The minimum atomic E-state index is -0.457. The first-order chi connectivity index (χ1) is 17.0. The summed E-state index contributed by atoms with van der Waals surface area (Å²) in [6, 6.07) is 11.7. The highest BCUT2D eigenvalue weighted by atomic mass is 35.5. The summed E-state index contributed by atoms with van der Waals surface area (Å²) in [5.74, 6) is -0.0790. The smallest absolute Gasteiger partial charge is 0.257 e. The molecular weight excluding hydrogens is 467 g/mol. The standard InChI is InChI=1S/C28H34ClFN2O3/c1-31-17-8-2-3-9-18-32(27(33)19-21-22(29)12-10-13-23(21)30)24-14-5-7-16-26(24)35-25-15-6-4-11-20(25)28(31)34/h4,6,10-13,15,24,26H,2-3,5,7-9,14,16-19H2,1H3/t24-,26+/m1/s1. The number of benzene rings is 2. The Labute approximate surface area is 212 Å². The maximum absolute atomic E-state index is 14.5. The lowest BCUT2D eigenvalue weighted by atomic mass is 9.90. The molecule has 188 valence electrons. The van der Waals surface area contributed by atoms with E-state index in [4.69, 9.17) is 16.3 Å². The van der Waals surface area contributed by atoms with E-state index < -0.39 is 5.82 Å². The Morgan fingerprint density at radius 2 is 1.74 bits per heavy atom. The van der Waals surface area contributed by atoms with Crippen LogP contribution in [0.1, 0.15) is 67.3 Å². The van der Waals surface area contributed by atoms with Gasteiger partial charge in [-0.2, -0.15) is 0 Å². The van der Waals surface area contributed by atoms with Crippen LogP contribution < -0.4 is 4.74 Å². The number of fused-ring (bicyclic) bond motifs is 2. The van der Waals surface area contributed by atoms with Gasteiger partial charge in [0.15, 0.2) is 0 Å². The zero-order chi connectivity index (χ0) is 24.8. The Bertz CT molecular complexity index is 1030. The molecule has 0 radical (unpaired) electrons. The third-order valence-corrected chi connectivity index (χ3v) is 7.52. The number of hydrogen-bond acceptors (Lipinski definition) is 3. The number of halogens is 2. The van der Waals surface area contributed by atoms with E-state index in [9.17, 15) is 14.0 Å². The number of carbonyl (C=O) groups is 2. The minimum absolute atomic E-state index is 0.0489. The minimum Gasteiger partial charge on any atom is -0.487 e. The van der Waals surface area contributed by atoms with Gasteiger partial charge < -0.3 is 14.5 Å². The summed E-state index contributed by atoms with van der Waals surface area (Å²) in [6.45, 7) is 1.28. The molecular formula is C28H34ClFN2O3. The van der Waals surface area contributed by atoms with Crippen molar-refractivity contribution in [1.82, 2.24) is 9.80 Å². The van der Waals surface area contributed by atoms with Crippen molar-refractivity contribution in [3.8, 4) is 5.75 Å². The van der Waals surface area contributed by atoms with Crippen LogP contribution in [0, 0.1) is 5.82 Å². The second-order valence-corrected chi connectivity index (χ2v) is 10.0. The summed E-state index contributed by atoms with van der Waals surface area (Å²) in [7, 11) is 1.84. The highest BCUT2D eigenvalue weighted by Gasteiger charge is 2.35. The molecule has 35 heavy (non-hydrogen) atoms. The highest BCUT2D eigenvalue weighted by Crippen LogP contribution is 2.31. The van der Waals surface area contributed by atoms with Crippen LogP contribution in [-0.2, 0) is 11.2 Å². The number of para-hydroxylation sites is 1. The van der Waals surface area contributed by atoms with Gasteiger partial charge in [-0.05, 0) is 56.4 Å². The molecule has 1 aliphatic carbocycles. The molecule has 7 heteroatoms. The maximum atomic E-state index is 14.5. The van der Waals surface area contributed by atoms with E-state index in [0.29, 0.717) is 24.4 Å². The second kappa shape index (κ2) is 11.9. The molecule has 1 heterocycles. The van der Waals surface area contributed by atoms with Crippen molar-refractivity contribution in [2.24, 2.45) is 0 Å². The fraction of sp³-hybridized carbons (Fsp3) is 0.500. The average Bonchev–Trinajstić information content (AvgIpc) is 2.86. The fourth-order valence-electron chi connectivity index (χ4n) is 5.20. The van der Waals surface area contributed by atoms with Crippen molar-refractivity contribution in [3.05, 3.63) is 64.4 Å². The van der Waals surface area contributed by atoms with Crippen LogP contribution in [-0.4, -0.2) is 53.9 Å². The molecule has 2 aromatic rings. The van der Waals surface area contributed by atoms with E-state index in [1.165, 1.54) is 6.07 Å². The van der Waals surface area contributed by atoms with Crippen LogP contribution in [0.4, 0.5) is 4.39 Å². The molecule has 0 spiro atoms. The molecule has 2 aliphatic rings. The summed E-state index contributed by atoms with van der Waals surface area (Å²) in [5.41, 5.74) is 0.790. The zero-order valence-electron chi connectivity index (χ0n) is 20.3. The first-order valence-electron chi connectivity index (χ1n) is 12.7. The van der Waals surface area contributed by atoms with E-state index in [1.54, 1.807) is 23.1 Å². The van der Waals surface area contributed by atoms with Gasteiger partial charge >= 0.3 is 0 Å². The topological polar surface area (TPSA) is 49.9 Å². The lowest BCUT2D eigenvalue weighted by Crippen LogP contribution is -2.51. The molecule has 1 saturated carbocycles. The van der Waals surface area contributed by atoms with E-state index in [0.717, 1.165) is 51.4 Å². The first kappa shape index (κ1) is 25.5. The molecule has 0 N–H and O–H groups in total. The van der Waals surface area contributed by atoms with Crippen LogP contribution in [0.5, 0.6) is 5.75 Å². The lowest BCUT2D eigenvalue weighted by Gasteiger charge is -2.40. The Morgan fingerprint density at radius 3 is 2.54 bits per heavy atom. The van der Waals surface area contributed by atoms with Gasteiger partial charge in [-0.15, -0.1) is 0 Å². The molecule has 2 amide bonds. The molecule has 0 aromatic heterocycles. The highest BCUT2D eigenvalue weighted by molar-refractivity contribution is 6.31. The number of nitrogens with zero attached hydrogens (tertiary/aromatic N) is 2. The molecule has 0 saturated heterocycles. The van der Waals surface area contributed by atoms with Crippen molar-refractivity contribution in [3.63, 3.8) is 0 Å². The summed E-state index contributed by atoms with van der Waals surface area (Å²) in [4.78, 5) is 30.4. The van der Waals surface area contributed by atoms with Gasteiger partial charge in [-0.1, -0.05) is 49.1 Å². The Balaban J connectivity index is 1.64. The molecule has 1 aliphatic heterocycles. The van der Waals surface area contributed by atoms with Crippen LogP contribution >= 0.6 is 11.6 Å². The molecule has 4 rings (SSSR count). The Kier molecular flexibility index (Phi) is 8.66. The normalized spacial score (nSPS) is 22.0. The van der Waals surface area contributed by atoms with Gasteiger partial charge in [-0.25, -0.2) is 4.39 Å². The molecule has 0 bridgehead atoms. The van der Waals surface area contributed by atoms with Gasteiger partial charge in [0, 0.05) is 30.7 Å². The van der Waals surface area contributed by atoms with Gasteiger partial charge in [0.25, 0.3) is 5.91 Å². The quantitative estimate of drug-likeness (QED) is 0.517. The third kappa shape index (κ3) is 6.16. The largest absolute Gasteiger partial charge is 0.487 e. The van der Waals surface area contributed by atoms with Gasteiger partial charge in [0.05, 0.1) is 18.0 Å². The monoisotopic (exact) mass is 500 g/mol. The molecule has 1 fully saturated rings. The van der Waals surface area contributed by atoms with Crippen molar-refractivity contribution in [2.45, 2.75) is 69.9 Å². The van der Waals surface area contributed by atoms with Crippen LogP contribution in [0.15, 0.2) is 42.5 Å². The average molecular weight is 501 g/mol. The summed E-state index contributed by atoms with van der Waals surface area (Å²) < 4.78 is 21.0.